The summed E-state index contributed by atoms with van der Waals surface area (Å²) in [5, 5.41) is 5.88. The van der Waals surface area contributed by atoms with Crippen LogP contribution in [-0.2, 0) is 22.6 Å². The van der Waals surface area contributed by atoms with Gasteiger partial charge in [-0.05, 0) is 42.3 Å². The second-order valence-electron chi connectivity index (χ2n) is 9.26. The molecule has 0 bridgehead atoms. The lowest BCUT2D eigenvalue weighted by Crippen LogP contribution is -2.41. The number of hydrogen-bond donors (Lipinski definition) is 2. The second kappa shape index (κ2) is 12.8. The fourth-order valence-corrected chi connectivity index (χ4v) is 4.26. The highest BCUT2D eigenvalue weighted by atomic mass is 16.5. The molecule has 188 valence electrons. The lowest BCUT2D eigenvalue weighted by atomic mass is 10.1. The van der Waals surface area contributed by atoms with Crippen molar-refractivity contribution < 1.29 is 19.1 Å². The van der Waals surface area contributed by atoms with Gasteiger partial charge in [0, 0.05) is 63.0 Å². The first kappa shape index (κ1) is 25.3. The van der Waals surface area contributed by atoms with Crippen LogP contribution in [-0.4, -0.2) is 86.8 Å². The molecule has 2 aromatic carbocycles. The summed E-state index contributed by atoms with van der Waals surface area (Å²) in [5.74, 6) is -0.284. The SMILES string of the molecule is C[C@@H](CNC(=O)c1ccc(CN2CCOCC2)cc1)NC(=O)c1ccc(CN2CCOCC2)cc1. The number of morpholine rings is 2. The van der Waals surface area contributed by atoms with Gasteiger partial charge in [0.05, 0.1) is 26.4 Å². The van der Waals surface area contributed by atoms with E-state index in [0.717, 1.165) is 65.7 Å². The Bertz CT molecular complexity index is 952. The van der Waals surface area contributed by atoms with E-state index in [-0.39, 0.29) is 17.9 Å². The van der Waals surface area contributed by atoms with Crippen LogP contribution in [0.25, 0.3) is 0 Å². The zero-order valence-corrected chi connectivity index (χ0v) is 20.5. The number of nitrogens with one attached hydrogen (secondary N) is 2. The largest absolute Gasteiger partial charge is 0.379 e. The van der Waals surface area contributed by atoms with Gasteiger partial charge in [0.15, 0.2) is 0 Å². The minimum Gasteiger partial charge on any atom is -0.379 e. The number of nitrogens with zero attached hydrogens (tertiary/aromatic N) is 2. The Hall–Kier alpha value is -2.78. The topological polar surface area (TPSA) is 83.1 Å². The van der Waals surface area contributed by atoms with E-state index in [1.807, 2.05) is 55.5 Å². The van der Waals surface area contributed by atoms with E-state index >= 15 is 0 Å². The molecule has 2 heterocycles. The molecule has 0 radical (unpaired) electrons. The van der Waals surface area contributed by atoms with Gasteiger partial charge in [-0.1, -0.05) is 24.3 Å². The molecule has 4 rings (SSSR count). The highest BCUT2D eigenvalue weighted by molar-refractivity contribution is 5.95. The molecular weight excluding hydrogens is 444 g/mol. The number of ether oxygens (including phenoxy) is 2. The van der Waals surface area contributed by atoms with Crippen LogP contribution in [0, 0.1) is 0 Å². The Kier molecular flexibility index (Phi) is 9.25. The maximum absolute atomic E-state index is 12.6. The molecule has 2 aromatic rings. The fourth-order valence-electron chi connectivity index (χ4n) is 4.26. The summed E-state index contributed by atoms with van der Waals surface area (Å²) in [5.41, 5.74) is 3.59. The van der Waals surface area contributed by atoms with Crippen molar-refractivity contribution >= 4 is 11.8 Å². The summed E-state index contributed by atoms with van der Waals surface area (Å²) < 4.78 is 10.8. The van der Waals surface area contributed by atoms with Gasteiger partial charge >= 0.3 is 0 Å². The average molecular weight is 481 g/mol. The summed E-state index contributed by atoms with van der Waals surface area (Å²) in [7, 11) is 0. The van der Waals surface area contributed by atoms with Gasteiger partial charge in [0.25, 0.3) is 11.8 Å². The second-order valence-corrected chi connectivity index (χ2v) is 9.26. The zero-order chi connectivity index (χ0) is 24.5. The maximum Gasteiger partial charge on any atom is 0.251 e. The normalized spacial score (nSPS) is 18.1. The first-order chi connectivity index (χ1) is 17.1. The predicted octanol–water partition coefficient (Wildman–Crippen LogP) is 1.90. The summed E-state index contributed by atoms with van der Waals surface area (Å²) in [6.07, 6.45) is 0. The molecule has 0 unspecified atom stereocenters. The van der Waals surface area contributed by atoms with Crippen LogP contribution < -0.4 is 10.6 Å². The molecule has 2 saturated heterocycles. The Morgan fingerprint density at radius 3 is 1.63 bits per heavy atom. The Morgan fingerprint density at radius 2 is 1.17 bits per heavy atom. The van der Waals surface area contributed by atoms with E-state index in [2.05, 4.69) is 20.4 Å². The third-order valence-corrected chi connectivity index (χ3v) is 6.40. The van der Waals surface area contributed by atoms with Crippen molar-refractivity contribution in [2.24, 2.45) is 0 Å². The molecule has 8 nitrogen and oxygen atoms in total. The van der Waals surface area contributed by atoms with Crippen molar-refractivity contribution in [3.8, 4) is 0 Å². The number of rotatable bonds is 9. The molecule has 1 atom stereocenters. The monoisotopic (exact) mass is 480 g/mol. The molecule has 35 heavy (non-hydrogen) atoms. The van der Waals surface area contributed by atoms with Crippen molar-refractivity contribution in [3.63, 3.8) is 0 Å². The molecule has 2 aliphatic heterocycles. The number of hydrogen-bond acceptors (Lipinski definition) is 6. The van der Waals surface area contributed by atoms with Crippen molar-refractivity contribution in [1.29, 1.82) is 0 Å². The average Bonchev–Trinajstić information content (AvgIpc) is 2.89. The lowest BCUT2D eigenvalue weighted by molar-refractivity contribution is 0.0341. The van der Waals surface area contributed by atoms with Crippen LogP contribution in [0.1, 0.15) is 38.8 Å². The Morgan fingerprint density at radius 1 is 0.743 bits per heavy atom. The van der Waals surface area contributed by atoms with E-state index in [1.54, 1.807) is 0 Å². The first-order valence-electron chi connectivity index (χ1n) is 12.4. The van der Waals surface area contributed by atoms with Crippen LogP contribution in [0.4, 0.5) is 0 Å². The smallest absolute Gasteiger partial charge is 0.251 e. The molecule has 2 N–H and O–H groups in total. The van der Waals surface area contributed by atoms with E-state index in [0.29, 0.717) is 17.7 Å². The molecule has 2 amide bonds. The minimum absolute atomic E-state index is 0.142. The highest BCUT2D eigenvalue weighted by Crippen LogP contribution is 2.11. The summed E-state index contributed by atoms with van der Waals surface area (Å²) in [4.78, 5) is 29.9. The molecular formula is C27H36N4O4. The lowest BCUT2D eigenvalue weighted by Gasteiger charge is -2.26. The fraction of sp³-hybridized carbons (Fsp3) is 0.481. The van der Waals surface area contributed by atoms with E-state index in [9.17, 15) is 9.59 Å². The predicted molar refractivity (Wildman–Crippen MR) is 134 cm³/mol. The first-order valence-corrected chi connectivity index (χ1v) is 12.4. The van der Waals surface area contributed by atoms with Gasteiger partial charge < -0.3 is 20.1 Å². The van der Waals surface area contributed by atoms with Crippen molar-refractivity contribution in [1.82, 2.24) is 20.4 Å². The molecule has 0 saturated carbocycles. The molecule has 2 fully saturated rings. The van der Waals surface area contributed by atoms with Gasteiger partial charge in [-0.3, -0.25) is 19.4 Å². The summed E-state index contributed by atoms with van der Waals surface area (Å²) in [6.45, 7) is 10.8. The number of carbonyl (C=O) groups excluding carboxylic acids is 2. The van der Waals surface area contributed by atoms with Gasteiger partial charge in [-0.15, -0.1) is 0 Å². The Balaban J connectivity index is 1.19. The number of amides is 2. The summed E-state index contributed by atoms with van der Waals surface area (Å²) in [6, 6.07) is 15.2. The zero-order valence-electron chi connectivity index (χ0n) is 20.5. The van der Waals surface area contributed by atoms with Crippen LogP contribution >= 0.6 is 0 Å². The third kappa shape index (κ3) is 7.86. The van der Waals surface area contributed by atoms with Gasteiger partial charge in [0.1, 0.15) is 0 Å². The van der Waals surface area contributed by atoms with Crippen LogP contribution in [0.2, 0.25) is 0 Å². The third-order valence-electron chi connectivity index (χ3n) is 6.40. The van der Waals surface area contributed by atoms with Gasteiger partial charge in [-0.2, -0.15) is 0 Å². The van der Waals surface area contributed by atoms with Crippen molar-refractivity contribution in [2.75, 3.05) is 59.2 Å². The molecule has 0 aliphatic carbocycles. The summed E-state index contributed by atoms with van der Waals surface area (Å²) >= 11 is 0. The van der Waals surface area contributed by atoms with Crippen LogP contribution in [0.3, 0.4) is 0 Å². The molecule has 2 aliphatic rings. The standard InChI is InChI=1S/C27H36N4O4/c1-21(29-27(33)25-8-4-23(5-9-25)20-31-12-16-35-17-13-31)18-28-26(32)24-6-2-22(3-7-24)19-30-10-14-34-15-11-30/h2-9,21H,10-20H2,1H3,(H,28,32)(H,29,33)/t21-/m0/s1. The Labute approximate surface area is 207 Å². The van der Waals surface area contributed by atoms with Gasteiger partial charge in [0.2, 0.25) is 0 Å². The van der Waals surface area contributed by atoms with Crippen molar-refractivity contribution in [2.45, 2.75) is 26.1 Å². The highest BCUT2D eigenvalue weighted by Gasteiger charge is 2.15. The number of benzene rings is 2. The molecule has 0 aromatic heterocycles. The van der Waals surface area contributed by atoms with E-state index in [1.165, 1.54) is 11.1 Å². The van der Waals surface area contributed by atoms with E-state index < -0.39 is 0 Å². The number of carbonyl (C=O) groups is 2. The van der Waals surface area contributed by atoms with Gasteiger partial charge in [-0.25, -0.2) is 0 Å². The van der Waals surface area contributed by atoms with Crippen LogP contribution in [0.5, 0.6) is 0 Å². The van der Waals surface area contributed by atoms with E-state index in [4.69, 9.17) is 9.47 Å². The van der Waals surface area contributed by atoms with Crippen LogP contribution in [0.15, 0.2) is 48.5 Å². The van der Waals surface area contributed by atoms with Crippen molar-refractivity contribution in [3.05, 3.63) is 70.8 Å². The maximum atomic E-state index is 12.6. The molecule has 0 spiro atoms. The quantitative estimate of drug-likeness (QED) is 0.571. The molecule has 8 heteroatoms. The minimum atomic E-state index is -0.194.